The first-order valence-electron chi connectivity index (χ1n) is 9.54. The normalized spacial score (nSPS) is 20.1. The maximum atomic E-state index is 11.5. The van der Waals surface area contributed by atoms with Crippen LogP contribution in [0.4, 0.5) is 23.3 Å². The summed E-state index contributed by atoms with van der Waals surface area (Å²) in [5.41, 5.74) is 5.65. The molecular formula is C17H31N7O3. The van der Waals surface area contributed by atoms with Crippen LogP contribution in [0.1, 0.15) is 34.1 Å². The molecule has 0 unspecified atom stereocenters. The molecule has 0 radical (unpaired) electrons. The predicted octanol–water partition coefficient (Wildman–Crippen LogP) is 1.72. The summed E-state index contributed by atoms with van der Waals surface area (Å²) in [5.74, 6) is 0.447. The lowest BCUT2D eigenvalue weighted by atomic mass is 10.2. The van der Waals surface area contributed by atoms with E-state index in [-0.39, 0.29) is 29.5 Å². The van der Waals surface area contributed by atoms with Crippen molar-refractivity contribution in [1.82, 2.24) is 14.9 Å². The number of nitrogen functional groups attached to an aromatic ring is 1. The van der Waals surface area contributed by atoms with E-state index in [2.05, 4.69) is 34.0 Å². The molecule has 1 fully saturated rings. The molecule has 0 amide bonds. The molecular weight excluding hydrogens is 350 g/mol. The maximum Gasteiger partial charge on any atom is 0.353 e. The van der Waals surface area contributed by atoms with Crippen LogP contribution in [0.25, 0.3) is 0 Å². The number of aromatic nitrogens is 2. The number of hydrogen-bond donors (Lipinski definition) is 2. The highest BCUT2D eigenvalue weighted by atomic mass is 16.6. The van der Waals surface area contributed by atoms with Crippen molar-refractivity contribution in [2.45, 2.75) is 46.3 Å². The highest BCUT2D eigenvalue weighted by Gasteiger charge is 2.32. The van der Waals surface area contributed by atoms with Crippen molar-refractivity contribution < 1.29 is 9.66 Å². The van der Waals surface area contributed by atoms with Crippen molar-refractivity contribution in [1.29, 1.82) is 0 Å². The minimum Gasteiger partial charge on any atom is -0.378 e. The smallest absolute Gasteiger partial charge is 0.353 e. The van der Waals surface area contributed by atoms with Gasteiger partial charge in [-0.25, -0.2) is 0 Å². The molecule has 1 aliphatic rings. The molecule has 0 spiro atoms. The van der Waals surface area contributed by atoms with E-state index in [1.54, 1.807) is 0 Å². The molecule has 2 atom stereocenters. The molecule has 10 heteroatoms. The Balaban J connectivity index is 2.15. The van der Waals surface area contributed by atoms with E-state index in [9.17, 15) is 10.1 Å². The van der Waals surface area contributed by atoms with Crippen LogP contribution in [0.15, 0.2) is 0 Å². The summed E-state index contributed by atoms with van der Waals surface area (Å²) in [6, 6.07) is 0. The zero-order valence-electron chi connectivity index (χ0n) is 16.6. The number of morpholine rings is 1. The fourth-order valence-corrected chi connectivity index (χ4v) is 3.33. The Labute approximate surface area is 160 Å². The van der Waals surface area contributed by atoms with E-state index >= 15 is 0 Å². The first-order chi connectivity index (χ1) is 12.8. The lowest BCUT2D eigenvalue weighted by Gasteiger charge is -2.35. The second-order valence-electron chi connectivity index (χ2n) is 6.83. The van der Waals surface area contributed by atoms with Gasteiger partial charge in [0.1, 0.15) is 0 Å². The summed E-state index contributed by atoms with van der Waals surface area (Å²) in [6.45, 7) is 12.8. The number of nitrogens with two attached hydrogens (primary N) is 1. The lowest BCUT2D eigenvalue weighted by molar-refractivity contribution is -0.383. The van der Waals surface area contributed by atoms with Crippen LogP contribution in [0.3, 0.4) is 0 Å². The van der Waals surface area contributed by atoms with E-state index in [1.807, 2.05) is 18.7 Å². The fraction of sp³-hybridized carbons (Fsp3) is 0.765. The quantitative estimate of drug-likeness (QED) is 0.374. The number of anilines is 3. The van der Waals surface area contributed by atoms with Gasteiger partial charge in [-0.1, -0.05) is 13.8 Å². The first-order valence-corrected chi connectivity index (χ1v) is 9.54. The van der Waals surface area contributed by atoms with Crippen molar-refractivity contribution >= 4 is 23.3 Å². The van der Waals surface area contributed by atoms with Crippen LogP contribution in [0.5, 0.6) is 0 Å². The summed E-state index contributed by atoms with van der Waals surface area (Å²) >= 11 is 0. The molecule has 2 heterocycles. The molecule has 10 nitrogen and oxygen atoms in total. The molecule has 0 saturated carbocycles. The predicted molar refractivity (Wildman–Crippen MR) is 106 cm³/mol. The van der Waals surface area contributed by atoms with E-state index in [0.717, 1.165) is 26.1 Å². The van der Waals surface area contributed by atoms with Gasteiger partial charge in [0.2, 0.25) is 17.6 Å². The van der Waals surface area contributed by atoms with Gasteiger partial charge < -0.3 is 25.6 Å². The van der Waals surface area contributed by atoms with Gasteiger partial charge in [-0.3, -0.25) is 10.1 Å². The van der Waals surface area contributed by atoms with Gasteiger partial charge in [0.05, 0.1) is 17.1 Å². The summed E-state index contributed by atoms with van der Waals surface area (Å²) in [4.78, 5) is 23.7. The molecule has 0 aromatic carbocycles. The third-order valence-electron chi connectivity index (χ3n) is 4.62. The van der Waals surface area contributed by atoms with Gasteiger partial charge in [0.15, 0.2) is 0 Å². The number of hydrogen-bond acceptors (Lipinski definition) is 9. The Hall–Kier alpha value is -2.20. The summed E-state index contributed by atoms with van der Waals surface area (Å²) in [6.07, 6.45) is 0.827. The minimum atomic E-state index is -0.514. The van der Waals surface area contributed by atoms with Crippen LogP contribution in [-0.2, 0) is 4.74 Å². The van der Waals surface area contributed by atoms with Crippen LogP contribution in [-0.4, -0.2) is 71.3 Å². The van der Waals surface area contributed by atoms with Crippen molar-refractivity contribution in [3.8, 4) is 0 Å². The van der Waals surface area contributed by atoms with E-state index in [0.29, 0.717) is 25.6 Å². The molecule has 1 aromatic heterocycles. The second-order valence-corrected chi connectivity index (χ2v) is 6.83. The Bertz CT molecular complexity index is 629. The molecule has 2 rings (SSSR count). The Morgan fingerprint density at radius 2 is 1.93 bits per heavy atom. The number of nitrogens with zero attached hydrogens (tertiary/aromatic N) is 5. The average Bonchev–Trinajstić information content (AvgIpc) is 2.60. The number of ether oxygens (including phenoxy) is 1. The Morgan fingerprint density at radius 1 is 1.30 bits per heavy atom. The van der Waals surface area contributed by atoms with Crippen molar-refractivity contribution in [3.63, 3.8) is 0 Å². The van der Waals surface area contributed by atoms with Crippen LogP contribution in [0.2, 0.25) is 0 Å². The van der Waals surface area contributed by atoms with Crippen molar-refractivity contribution in [2.24, 2.45) is 0 Å². The third kappa shape index (κ3) is 5.64. The van der Waals surface area contributed by atoms with Crippen molar-refractivity contribution in [3.05, 3.63) is 10.1 Å². The minimum absolute atomic E-state index is 0.0463. The zero-order chi connectivity index (χ0) is 20.0. The van der Waals surface area contributed by atoms with Gasteiger partial charge in [-0.05, 0) is 39.9 Å². The Kier molecular flexibility index (Phi) is 7.55. The molecule has 1 aromatic rings. The number of nitro groups is 1. The molecule has 0 aliphatic carbocycles. The standard InChI is InChI=1S/C17H31N7O3/c1-5-22(6-2)9-7-8-19-17-20-15(18)14(24(25)26)16(21-17)23-10-12(3)27-13(4)11-23/h12-13H,5-11H2,1-4H3,(H3,18,19,20,21)/t12-,13-/m1/s1. The maximum absolute atomic E-state index is 11.5. The van der Waals surface area contributed by atoms with Crippen LogP contribution in [0, 0.1) is 10.1 Å². The average molecular weight is 381 g/mol. The van der Waals surface area contributed by atoms with Gasteiger partial charge in [-0.2, -0.15) is 9.97 Å². The van der Waals surface area contributed by atoms with Crippen LogP contribution < -0.4 is 16.0 Å². The lowest BCUT2D eigenvalue weighted by Crippen LogP contribution is -2.46. The topological polar surface area (TPSA) is 123 Å². The SMILES string of the molecule is CCN(CC)CCCNc1nc(N)c([N+](=O)[O-])c(N2C[C@@H](C)O[C@H](C)C2)n1. The van der Waals surface area contributed by atoms with Crippen LogP contribution >= 0.6 is 0 Å². The molecule has 27 heavy (non-hydrogen) atoms. The third-order valence-corrected chi connectivity index (χ3v) is 4.62. The largest absolute Gasteiger partial charge is 0.378 e. The van der Waals surface area contributed by atoms with Crippen molar-refractivity contribution in [2.75, 3.05) is 55.2 Å². The summed E-state index contributed by atoms with van der Waals surface area (Å²) in [7, 11) is 0. The molecule has 0 bridgehead atoms. The highest BCUT2D eigenvalue weighted by Crippen LogP contribution is 2.33. The van der Waals surface area contributed by atoms with Gasteiger partial charge in [0.25, 0.3) is 0 Å². The molecule has 1 saturated heterocycles. The molecule has 1 aliphatic heterocycles. The van der Waals surface area contributed by atoms with E-state index in [1.165, 1.54) is 0 Å². The van der Waals surface area contributed by atoms with Gasteiger partial charge in [-0.15, -0.1) is 0 Å². The zero-order valence-corrected chi connectivity index (χ0v) is 16.6. The van der Waals surface area contributed by atoms with Gasteiger partial charge >= 0.3 is 5.69 Å². The van der Waals surface area contributed by atoms with Gasteiger partial charge in [0, 0.05) is 19.6 Å². The number of rotatable bonds is 9. The molecule has 152 valence electrons. The monoisotopic (exact) mass is 381 g/mol. The second kappa shape index (κ2) is 9.65. The number of nitrogens with one attached hydrogen (secondary N) is 1. The molecule has 3 N–H and O–H groups in total. The summed E-state index contributed by atoms with van der Waals surface area (Å²) in [5, 5.41) is 14.7. The fourth-order valence-electron chi connectivity index (χ4n) is 3.33. The first kappa shape index (κ1) is 21.1. The summed E-state index contributed by atoms with van der Waals surface area (Å²) < 4.78 is 5.72. The van der Waals surface area contributed by atoms with E-state index < -0.39 is 4.92 Å². The highest BCUT2D eigenvalue weighted by molar-refractivity contribution is 5.71. The Morgan fingerprint density at radius 3 is 2.48 bits per heavy atom. The van der Waals surface area contributed by atoms with E-state index in [4.69, 9.17) is 10.5 Å².